The molecule has 5 rings (SSSR count). The number of fused-ring (bicyclic) bond motifs is 2. The Hall–Kier alpha value is -2.86. The minimum Gasteiger partial charge on any atom is -0.472 e. The van der Waals surface area contributed by atoms with E-state index in [2.05, 4.69) is 17.1 Å². The second-order valence-electron chi connectivity index (χ2n) is 7.45. The van der Waals surface area contributed by atoms with Gasteiger partial charge in [-0.2, -0.15) is 0 Å². The number of amides is 1. The fourth-order valence-electron chi connectivity index (χ4n) is 4.84. The van der Waals surface area contributed by atoms with Crippen molar-refractivity contribution in [2.45, 2.75) is 30.4 Å². The molecule has 1 aromatic carbocycles. The number of hydrogen-bond donors (Lipinski definition) is 1. The summed E-state index contributed by atoms with van der Waals surface area (Å²) in [5, 5.41) is 11.4. The average molecular weight is 363 g/mol. The van der Waals surface area contributed by atoms with Crippen LogP contribution in [0.2, 0.25) is 0 Å². The number of nitrogens with zero attached hydrogens (tertiary/aromatic N) is 3. The number of aliphatic hydroxyl groups excluding tert-OH is 1. The highest BCUT2D eigenvalue weighted by Gasteiger charge is 2.53. The number of aliphatic hydroxyl groups is 1. The lowest BCUT2D eigenvalue weighted by Crippen LogP contribution is -2.50. The molecule has 1 saturated heterocycles. The number of furan rings is 1. The highest BCUT2D eigenvalue weighted by Crippen LogP contribution is 2.52. The highest BCUT2D eigenvalue weighted by molar-refractivity contribution is 5.93. The Balaban J connectivity index is 1.46. The van der Waals surface area contributed by atoms with E-state index in [1.807, 2.05) is 27.8 Å². The van der Waals surface area contributed by atoms with E-state index in [0.29, 0.717) is 18.7 Å². The SMILES string of the molecule is O=C(c1ccoc1)N1CCC2(CC1)c1ccccc1[C@@H](n1ccnc1)[C@@H]2O. The zero-order chi connectivity index (χ0) is 18.4. The first-order chi connectivity index (χ1) is 13.2. The molecule has 27 heavy (non-hydrogen) atoms. The maximum Gasteiger partial charge on any atom is 0.257 e. The van der Waals surface area contributed by atoms with Gasteiger partial charge in [0.2, 0.25) is 0 Å². The molecular formula is C21H21N3O3. The molecule has 1 N–H and O–H groups in total. The van der Waals surface area contributed by atoms with Gasteiger partial charge in [-0.25, -0.2) is 4.98 Å². The molecule has 2 aromatic heterocycles. The lowest BCUT2D eigenvalue weighted by Gasteiger charge is -2.42. The Labute approximate surface area is 157 Å². The summed E-state index contributed by atoms with van der Waals surface area (Å²) in [5.74, 6) is -0.00877. The molecule has 1 fully saturated rings. The van der Waals surface area contributed by atoms with Gasteiger partial charge in [0.15, 0.2) is 0 Å². The van der Waals surface area contributed by atoms with E-state index < -0.39 is 6.10 Å². The maximum atomic E-state index is 12.6. The molecule has 0 saturated carbocycles. The average Bonchev–Trinajstić information content (AvgIpc) is 3.45. The summed E-state index contributed by atoms with van der Waals surface area (Å²) >= 11 is 0. The fourth-order valence-corrected chi connectivity index (χ4v) is 4.84. The van der Waals surface area contributed by atoms with Gasteiger partial charge in [-0.05, 0) is 30.0 Å². The number of hydrogen-bond acceptors (Lipinski definition) is 4. The number of benzene rings is 1. The molecule has 6 nitrogen and oxygen atoms in total. The van der Waals surface area contributed by atoms with Crippen molar-refractivity contribution in [3.8, 4) is 0 Å². The van der Waals surface area contributed by atoms with Crippen LogP contribution < -0.4 is 0 Å². The van der Waals surface area contributed by atoms with Crippen LogP contribution in [0.1, 0.15) is 40.4 Å². The Kier molecular flexibility index (Phi) is 3.68. The minimum absolute atomic E-state index is 0.00877. The number of rotatable bonds is 2. The molecule has 3 heterocycles. The van der Waals surface area contributed by atoms with Gasteiger partial charge < -0.3 is 19.0 Å². The molecule has 1 spiro atoms. The van der Waals surface area contributed by atoms with Gasteiger partial charge in [-0.1, -0.05) is 24.3 Å². The van der Waals surface area contributed by atoms with Crippen molar-refractivity contribution >= 4 is 5.91 Å². The summed E-state index contributed by atoms with van der Waals surface area (Å²) in [6.45, 7) is 1.23. The van der Waals surface area contributed by atoms with Crippen LogP contribution >= 0.6 is 0 Å². The quantitative estimate of drug-likeness (QED) is 0.760. The number of imidazole rings is 1. The van der Waals surface area contributed by atoms with E-state index in [1.54, 1.807) is 18.6 Å². The summed E-state index contributed by atoms with van der Waals surface area (Å²) in [6.07, 6.45) is 9.34. The van der Waals surface area contributed by atoms with Crippen LogP contribution in [0.5, 0.6) is 0 Å². The van der Waals surface area contributed by atoms with Crippen LogP contribution in [0.25, 0.3) is 0 Å². The van der Waals surface area contributed by atoms with Gasteiger partial charge in [0.05, 0.1) is 30.3 Å². The predicted molar refractivity (Wildman–Crippen MR) is 98.3 cm³/mol. The summed E-state index contributed by atoms with van der Waals surface area (Å²) < 4.78 is 7.03. The second-order valence-corrected chi connectivity index (χ2v) is 7.45. The Bertz CT molecular complexity index is 941. The van der Waals surface area contributed by atoms with Crippen molar-refractivity contribution in [2.75, 3.05) is 13.1 Å². The second kappa shape index (κ2) is 6.09. The molecule has 0 unspecified atom stereocenters. The van der Waals surface area contributed by atoms with Gasteiger partial charge in [0, 0.05) is 30.9 Å². The maximum absolute atomic E-state index is 12.6. The van der Waals surface area contributed by atoms with Crippen LogP contribution in [-0.4, -0.2) is 44.7 Å². The standard InChI is InChI=1S/C21H21N3O3/c25-19-18(24-11-8-22-14-24)16-3-1-2-4-17(16)21(19)6-9-23(10-7-21)20(26)15-5-12-27-13-15/h1-5,8,11-14,18-19,25H,6-7,9-10H2/t18-,19+/m1/s1. The molecule has 6 heteroatoms. The topological polar surface area (TPSA) is 71.5 Å². The smallest absolute Gasteiger partial charge is 0.257 e. The van der Waals surface area contributed by atoms with Crippen molar-refractivity contribution in [3.05, 3.63) is 78.3 Å². The largest absolute Gasteiger partial charge is 0.472 e. The normalized spacial score (nSPS) is 23.5. The first-order valence-corrected chi connectivity index (χ1v) is 9.27. The van der Waals surface area contributed by atoms with Gasteiger partial charge in [0.1, 0.15) is 6.26 Å². The van der Waals surface area contributed by atoms with E-state index >= 15 is 0 Å². The third-order valence-electron chi connectivity index (χ3n) is 6.24. The van der Waals surface area contributed by atoms with Crippen molar-refractivity contribution in [2.24, 2.45) is 0 Å². The highest BCUT2D eigenvalue weighted by atomic mass is 16.3. The zero-order valence-electron chi connectivity index (χ0n) is 14.9. The summed E-state index contributed by atoms with van der Waals surface area (Å²) in [4.78, 5) is 18.7. The van der Waals surface area contributed by atoms with E-state index in [9.17, 15) is 9.90 Å². The van der Waals surface area contributed by atoms with Crippen molar-refractivity contribution in [1.29, 1.82) is 0 Å². The van der Waals surface area contributed by atoms with E-state index in [4.69, 9.17) is 4.42 Å². The zero-order valence-corrected chi connectivity index (χ0v) is 14.9. The van der Waals surface area contributed by atoms with E-state index in [-0.39, 0.29) is 17.4 Å². The van der Waals surface area contributed by atoms with Gasteiger partial charge in [0.25, 0.3) is 5.91 Å². The third-order valence-corrected chi connectivity index (χ3v) is 6.24. The fraction of sp³-hybridized carbons (Fsp3) is 0.333. The van der Waals surface area contributed by atoms with Crippen LogP contribution in [0.4, 0.5) is 0 Å². The van der Waals surface area contributed by atoms with Gasteiger partial charge in [-0.3, -0.25) is 4.79 Å². The first-order valence-electron chi connectivity index (χ1n) is 9.27. The summed E-state index contributed by atoms with van der Waals surface area (Å²) in [5.41, 5.74) is 2.59. The Morgan fingerprint density at radius 1 is 1.22 bits per heavy atom. The van der Waals surface area contributed by atoms with Gasteiger partial charge >= 0.3 is 0 Å². The van der Waals surface area contributed by atoms with Crippen molar-refractivity contribution < 1.29 is 14.3 Å². The molecule has 1 amide bonds. The monoisotopic (exact) mass is 363 g/mol. The lowest BCUT2D eigenvalue weighted by atomic mass is 9.72. The third kappa shape index (κ3) is 2.36. The number of carbonyl (C=O) groups is 1. The Morgan fingerprint density at radius 3 is 2.74 bits per heavy atom. The number of aromatic nitrogens is 2. The van der Waals surface area contributed by atoms with Crippen LogP contribution in [-0.2, 0) is 5.41 Å². The van der Waals surface area contributed by atoms with Crippen LogP contribution in [0.15, 0.2) is 66.0 Å². The lowest BCUT2D eigenvalue weighted by molar-refractivity contribution is 0.0208. The molecule has 1 aliphatic heterocycles. The summed E-state index contributed by atoms with van der Waals surface area (Å²) in [6, 6.07) is 9.84. The molecule has 0 radical (unpaired) electrons. The molecule has 138 valence electrons. The van der Waals surface area contributed by atoms with E-state index in [1.165, 1.54) is 18.1 Å². The van der Waals surface area contributed by atoms with E-state index in [0.717, 1.165) is 18.4 Å². The van der Waals surface area contributed by atoms with Crippen molar-refractivity contribution in [3.63, 3.8) is 0 Å². The molecular weight excluding hydrogens is 342 g/mol. The van der Waals surface area contributed by atoms with Crippen LogP contribution in [0.3, 0.4) is 0 Å². The van der Waals surface area contributed by atoms with Crippen LogP contribution in [0, 0.1) is 0 Å². The summed E-state index contributed by atoms with van der Waals surface area (Å²) in [7, 11) is 0. The number of carbonyl (C=O) groups excluding carboxylic acids is 1. The van der Waals surface area contributed by atoms with Gasteiger partial charge in [-0.15, -0.1) is 0 Å². The minimum atomic E-state index is -0.546. The predicted octanol–water partition coefficient (Wildman–Crippen LogP) is 2.61. The molecule has 1 aliphatic carbocycles. The number of piperidine rings is 1. The molecule has 2 aliphatic rings. The number of likely N-dealkylation sites (tertiary alicyclic amines) is 1. The van der Waals surface area contributed by atoms with Crippen molar-refractivity contribution in [1.82, 2.24) is 14.5 Å². The molecule has 0 bridgehead atoms. The Morgan fingerprint density at radius 2 is 2.04 bits per heavy atom. The first kappa shape index (κ1) is 16.3. The molecule has 2 atom stereocenters. The molecule has 3 aromatic rings.